The molecule has 4 atom stereocenters. The Morgan fingerprint density at radius 3 is 2.76 bits per heavy atom. The molecular weight excluding hydrogens is 280 g/mol. The zero-order valence-electron chi connectivity index (χ0n) is 11.1. The predicted octanol–water partition coefficient (Wildman–Crippen LogP) is -0.604. The Bertz CT molecular complexity index is 566. The van der Waals surface area contributed by atoms with Crippen LogP contribution in [0.4, 0.5) is 11.4 Å². The predicted molar refractivity (Wildman–Crippen MR) is 71.9 cm³/mol. The van der Waals surface area contributed by atoms with E-state index in [1.165, 1.54) is 6.07 Å². The smallest absolute Gasteiger partial charge is 0.274 e. The van der Waals surface area contributed by atoms with Crippen molar-refractivity contribution in [3.8, 4) is 0 Å². The number of aliphatic hydroxyl groups is 3. The highest BCUT2D eigenvalue weighted by Gasteiger charge is 2.47. The van der Waals surface area contributed by atoms with Gasteiger partial charge in [-0.2, -0.15) is 0 Å². The van der Waals surface area contributed by atoms with Gasteiger partial charge in [-0.05, 0) is 12.5 Å². The second-order valence-electron chi connectivity index (χ2n) is 5.20. The fourth-order valence-corrected chi connectivity index (χ4v) is 3.01. The van der Waals surface area contributed by atoms with Gasteiger partial charge in [0.1, 0.15) is 18.3 Å². The Hall–Kier alpha value is -1.74. The first kappa shape index (κ1) is 14.2. The fraction of sp³-hybridized carbons (Fsp3) is 0.538. The highest BCUT2D eigenvalue weighted by atomic mass is 16.6. The van der Waals surface area contributed by atoms with Crippen LogP contribution in [0.2, 0.25) is 0 Å². The van der Waals surface area contributed by atoms with E-state index in [0.717, 1.165) is 0 Å². The van der Waals surface area contributed by atoms with Crippen LogP contribution in [0.1, 0.15) is 5.56 Å². The third kappa shape index (κ3) is 2.16. The molecule has 0 saturated carbocycles. The van der Waals surface area contributed by atoms with Gasteiger partial charge in [0.15, 0.2) is 6.23 Å². The first-order chi connectivity index (χ1) is 10.0. The normalized spacial score (nSPS) is 31.5. The Morgan fingerprint density at radius 2 is 2.14 bits per heavy atom. The molecule has 21 heavy (non-hydrogen) atoms. The molecule has 3 rings (SSSR count). The second-order valence-corrected chi connectivity index (χ2v) is 5.20. The molecule has 0 bridgehead atoms. The van der Waals surface area contributed by atoms with E-state index in [4.69, 9.17) is 9.84 Å². The number of aliphatic hydroxyl groups excluding tert-OH is 3. The van der Waals surface area contributed by atoms with Crippen molar-refractivity contribution in [3.05, 3.63) is 33.9 Å². The number of fused-ring (bicyclic) bond motifs is 1. The molecule has 0 aliphatic carbocycles. The van der Waals surface area contributed by atoms with Gasteiger partial charge in [-0.1, -0.05) is 6.07 Å². The van der Waals surface area contributed by atoms with Gasteiger partial charge < -0.3 is 25.0 Å². The van der Waals surface area contributed by atoms with Crippen LogP contribution in [0.25, 0.3) is 0 Å². The molecule has 0 aromatic heterocycles. The van der Waals surface area contributed by atoms with E-state index in [0.29, 0.717) is 24.2 Å². The van der Waals surface area contributed by atoms with Crippen molar-refractivity contribution in [1.82, 2.24) is 0 Å². The van der Waals surface area contributed by atoms with Crippen LogP contribution in [0.5, 0.6) is 0 Å². The van der Waals surface area contributed by atoms with E-state index in [1.807, 2.05) is 0 Å². The van der Waals surface area contributed by atoms with Crippen LogP contribution in [0, 0.1) is 10.1 Å². The van der Waals surface area contributed by atoms with Gasteiger partial charge in [-0.3, -0.25) is 10.1 Å². The number of hydrogen-bond donors (Lipinski definition) is 3. The number of benzene rings is 1. The maximum atomic E-state index is 11.0. The van der Waals surface area contributed by atoms with E-state index in [9.17, 15) is 20.3 Å². The number of nitro benzene ring substituents is 1. The molecule has 1 saturated heterocycles. The number of anilines is 1. The zero-order valence-corrected chi connectivity index (χ0v) is 11.1. The molecule has 8 nitrogen and oxygen atoms in total. The van der Waals surface area contributed by atoms with Gasteiger partial charge in [0.25, 0.3) is 5.69 Å². The lowest BCUT2D eigenvalue weighted by atomic mass is 10.1. The lowest BCUT2D eigenvalue weighted by molar-refractivity contribution is -0.385. The minimum Gasteiger partial charge on any atom is -0.394 e. The summed E-state index contributed by atoms with van der Waals surface area (Å²) in [6.45, 7) is 0.0527. The third-order valence-electron chi connectivity index (χ3n) is 4.06. The van der Waals surface area contributed by atoms with Crippen molar-refractivity contribution in [2.45, 2.75) is 31.0 Å². The second kappa shape index (κ2) is 5.23. The highest BCUT2D eigenvalue weighted by Crippen LogP contribution is 2.38. The number of nitrogens with zero attached hydrogens (tertiary/aromatic N) is 2. The average molecular weight is 296 g/mol. The van der Waals surface area contributed by atoms with Gasteiger partial charge in [0.2, 0.25) is 0 Å². The van der Waals surface area contributed by atoms with Crippen molar-refractivity contribution in [1.29, 1.82) is 0 Å². The molecule has 3 N–H and O–H groups in total. The van der Waals surface area contributed by atoms with Crippen LogP contribution in [-0.2, 0) is 11.2 Å². The molecule has 1 aromatic rings. The largest absolute Gasteiger partial charge is 0.394 e. The SMILES string of the molecule is O=[N+]([O-])c1cccc2c1CCN2[C@@H]1O[C@H](CO)[C@@H](O)[C@H]1O. The molecule has 114 valence electrons. The summed E-state index contributed by atoms with van der Waals surface area (Å²) in [6, 6.07) is 4.75. The molecule has 2 aliphatic rings. The van der Waals surface area contributed by atoms with E-state index in [2.05, 4.69) is 0 Å². The number of ether oxygens (including phenoxy) is 1. The van der Waals surface area contributed by atoms with Crippen LogP contribution < -0.4 is 4.90 Å². The minimum absolute atomic E-state index is 0.0433. The summed E-state index contributed by atoms with van der Waals surface area (Å²) in [4.78, 5) is 12.3. The van der Waals surface area contributed by atoms with Crippen LogP contribution in [-0.4, -0.2) is 57.9 Å². The molecule has 2 aliphatic heterocycles. The monoisotopic (exact) mass is 296 g/mol. The number of rotatable bonds is 3. The van der Waals surface area contributed by atoms with Gasteiger partial charge in [0, 0.05) is 18.3 Å². The van der Waals surface area contributed by atoms with Crippen LogP contribution in [0.15, 0.2) is 18.2 Å². The fourth-order valence-electron chi connectivity index (χ4n) is 3.01. The molecule has 0 spiro atoms. The minimum atomic E-state index is -1.18. The summed E-state index contributed by atoms with van der Waals surface area (Å²) in [5.74, 6) is 0. The van der Waals surface area contributed by atoms with E-state index < -0.39 is 36.1 Å². The van der Waals surface area contributed by atoms with Crippen LogP contribution >= 0.6 is 0 Å². The van der Waals surface area contributed by atoms with Crippen molar-refractivity contribution >= 4 is 11.4 Å². The molecule has 2 heterocycles. The van der Waals surface area contributed by atoms with E-state index in [-0.39, 0.29) is 5.69 Å². The Morgan fingerprint density at radius 1 is 1.38 bits per heavy atom. The standard InChI is InChI=1S/C13H16N2O6/c16-6-10-11(17)12(18)13(21-10)14-5-4-7-8(14)2-1-3-9(7)15(19)20/h1-3,10-13,16-18H,4-6H2/t10-,11-,12-,13-/m1/s1. The number of nitro groups is 1. The highest BCUT2D eigenvalue weighted by molar-refractivity contribution is 5.66. The van der Waals surface area contributed by atoms with E-state index >= 15 is 0 Å². The van der Waals surface area contributed by atoms with Crippen LogP contribution in [0.3, 0.4) is 0 Å². The topological polar surface area (TPSA) is 116 Å². The summed E-state index contributed by atoms with van der Waals surface area (Å²) in [6.07, 6.45) is -3.55. The summed E-state index contributed by atoms with van der Waals surface area (Å²) in [5, 5.41) is 40.0. The van der Waals surface area contributed by atoms with Crippen molar-refractivity contribution < 1.29 is 25.0 Å². The zero-order chi connectivity index (χ0) is 15.1. The molecule has 1 aromatic carbocycles. The molecule has 0 amide bonds. The first-order valence-electron chi connectivity index (χ1n) is 6.70. The summed E-state index contributed by atoms with van der Waals surface area (Å²) in [7, 11) is 0. The Balaban J connectivity index is 1.92. The molecule has 0 radical (unpaired) electrons. The van der Waals surface area contributed by atoms with E-state index in [1.54, 1.807) is 17.0 Å². The average Bonchev–Trinajstić information content (AvgIpc) is 3.01. The van der Waals surface area contributed by atoms with Crippen molar-refractivity contribution in [3.63, 3.8) is 0 Å². The quantitative estimate of drug-likeness (QED) is 0.503. The first-order valence-corrected chi connectivity index (χ1v) is 6.70. The maximum absolute atomic E-state index is 11.0. The van der Waals surface area contributed by atoms with Gasteiger partial charge in [-0.25, -0.2) is 0 Å². The number of hydrogen-bond acceptors (Lipinski definition) is 7. The summed E-state index contributed by atoms with van der Waals surface area (Å²) >= 11 is 0. The lowest BCUT2D eigenvalue weighted by Gasteiger charge is -2.28. The van der Waals surface area contributed by atoms with Gasteiger partial charge in [-0.15, -0.1) is 0 Å². The Kier molecular flexibility index (Phi) is 3.54. The molecule has 0 unspecified atom stereocenters. The van der Waals surface area contributed by atoms with Crippen molar-refractivity contribution in [2.24, 2.45) is 0 Å². The molecule has 1 fully saturated rings. The maximum Gasteiger partial charge on any atom is 0.274 e. The van der Waals surface area contributed by atoms with Gasteiger partial charge >= 0.3 is 0 Å². The summed E-state index contributed by atoms with van der Waals surface area (Å²) < 4.78 is 5.48. The Labute approximate surface area is 120 Å². The van der Waals surface area contributed by atoms with Gasteiger partial charge in [0.05, 0.1) is 17.1 Å². The summed E-state index contributed by atoms with van der Waals surface area (Å²) in [5.41, 5.74) is 1.26. The third-order valence-corrected chi connectivity index (χ3v) is 4.06. The van der Waals surface area contributed by atoms with Crippen molar-refractivity contribution in [2.75, 3.05) is 18.1 Å². The molecular formula is C13H16N2O6. The lowest BCUT2D eigenvalue weighted by Crippen LogP contribution is -2.43. The molecule has 8 heteroatoms.